The molecule has 1 unspecified atom stereocenters. The summed E-state index contributed by atoms with van der Waals surface area (Å²) in [4.78, 5) is 13.4. The first-order valence-corrected chi connectivity index (χ1v) is 5.76. The smallest absolute Gasteiger partial charge is 0.228 e. The number of methoxy groups -OCH3 is 2. The average molecular weight is 256 g/mol. The number of ether oxygens (including phenoxy) is 2. The Morgan fingerprint density at radius 3 is 2.65 bits per heavy atom. The summed E-state index contributed by atoms with van der Waals surface area (Å²) in [6, 6.07) is 5.36. The molecule has 0 saturated carbocycles. The summed E-state index contributed by atoms with van der Waals surface area (Å²) < 4.78 is 10.4. The van der Waals surface area contributed by atoms with Crippen molar-refractivity contribution < 1.29 is 14.3 Å². The van der Waals surface area contributed by atoms with Crippen molar-refractivity contribution in [1.29, 1.82) is 0 Å². The van der Waals surface area contributed by atoms with Crippen LogP contribution in [0.3, 0.4) is 0 Å². The van der Waals surface area contributed by atoms with Crippen LogP contribution in [0.2, 0.25) is 0 Å². The van der Waals surface area contributed by atoms with Crippen LogP contribution < -0.4 is 14.4 Å². The zero-order valence-electron chi connectivity index (χ0n) is 9.77. The van der Waals surface area contributed by atoms with E-state index in [1.807, 2.05) is 0 Å². The maximum Gasteiger partial charge on any atom is 0.228 e. The van der Waals surface area contributed by atoms with Crippen LogP contribution in [0.1, 0.15) is 6.42 Å². The molecule has 0 aliphatic carbocycles. The molecular weight excluding hydrogens is 242 g/mol. The van der Waals surface area contributed by atoms with Gasteiger partial charge >= 0.3 is 0 Å². The standard InChI is InChI=1S/C12H14ClNO3/c1-16-9-3-4-11(17-2)10(6-9)14-7-8(13)5-12(14)15/h3-4,6,8H,5,7H2,1-2H3. The largest absolute Gasteiger partial charge is 0.497 e. The molecule has 0 bridgehead atoms. The molecule has 1 atom stereocenters. The zero-order chi connectivity index (χ0) is 12.4. The quantitative estimate of drug-likeness (QED) is 0.776. The van der Waals surface area contributed by atoms with E-state index in [2.05, 4.69) is 0 Å². The highest BCUT2D eigenvalue weighted by Gasteiger charge is 2.31. The van der Waals surface area contributed by atoms with Crippen LogP contribution in [0.4, 0.5) is 5.69 Å². The molecule has 0 N–H and O–H groups in total. The molecule has 4 nitrogen and oxygen atoms in total. The van der Waals surface area contributed by atoms with Gasteiger partial charge in [0.2, 0.25) is 5.91 Å². The Hall–Kier alpha value is -1.42. The maximum atomic E-state index is 11.8. The molecule has 0 spiro atoms. The molecule has 92 valence electrons. The van der Waals surface area contributed by atoms with Crippen molar-refractivity contribution in [3.63, 3.8) is 0 Å². The first-order chi connectivity index (χ1) is 8.15. The number of benzene rings is 1. The van der Waals surface area contributed by atoms with E-state index >= 15 is 0 Å². The molecule has 17 heavy (non-hydrogen) atoms. The summed E-state index contributed by atoms with van der Waals surface area (Å²) in [6.07, 6.45) is 0.363. The summed E-state index contributed by atoms with van der Waals surface area (Å²) >= 11 is 5.99. The lowest BCUT2D eigenvalue weighted by Gasteiger charge is -2.19. The molecule has 1 aliphatic heterocycles. The lowest BCUT2D eigenvalue weighted by atomic mass is 10.2. The predicted molar refractivity (Wildman–Crippen MR) is 66.2 cm³/mol. The van der Waals surface area contributed by atoms with Crippen LogP contribution in [0, 0.1) is 0 Å². The van der Waals surface area contributed by atoms with Gasteiger partial charge in [-0.25, -0.2) is 0 Å². The Morgan fingerprint density at radius 1 is 1.35 bits per heavy atom. The Kier molecular flexibility index (Phi) is 3.43. The molecule has 1 aliphatic rings. The fourth-order valence-corrected chi connectivity index (χ4v) is 2.17. The second-order valence-corrected chi connectivity index (χ2v) is 4.46. The van der Waals surface area contributed by atoms with Crippen molar-refractivity contribution >= 4 is 23.2 Å². The van der Waals surface area contributed by atoms with Crippen LogP contribution in [0.15, 0.2) is 18.2 Å². The number of nitrogens with zero attached hydrogens (tertiary/aromatic N) is 1. The van der Waals surface area contributed by atoms with Crippen LogP contribution in [0.25, 0.3) is 0 Å². The summed E-state index contributed by atoms with van der Waals surface area (Å²) in [5.41, 5.74) is 0.708. The average Bonchev–Trinajstić information content (AvgIpc) is 2.67. The van der Waals surface area contributed by atoms with E-state index in [9.17, 15) is 4.79 Å². The number of carbonyl (C=O) groups excluding carboxylic acids is 1. The van der Waals surface area contributed by atoms with Crippen LogP contribution in [-0.4, -0.2) is 32.0 Å². The number of alkyl halides is 1. The van der Waals surface area contributed by atoms with Crippen molar-refractivity contribution in [2.75, 3.05) is 25.7 Å². The molecule has 1 amide bonds. The van der Waals surface area contributed by atoms with E-state index in [0.717, 1.165) is 0 Å². The SMILES string of the molecule is COc1ccc(OC)c(N2CC(Cl)CC2=O)c1. The second-order valence-electron chi connectivity index (χ2n) is 3.84. The topological polar surface area (TPSA) is 38.8 Å². The van der Waals surface area contributed by atoms with Gasteiger partial charge in [0, 0.05) is 19.0 Å². The van der Waals surface area contributed by atoms with Gasteiger partial charge in [0.15, 0.2) is 0 Å². The van der Waals surface area contributed by atoms with Gasteiger partial charge in [0.25, 0.3) is 0 Å². The Labute approximate surface area is 105 Å². The van der Waals surface area contributed by atoms with E-state index in [1.54, 1.807) is 37.3 Å². The fourth-order valence-electron chi connectivity index (χ4n) is 1.90. The Morgan fingerprint density at radius 2 is 2.12 bits per heavy atom. The van der Waals surface area contributed by atoms with E-state index in [0.29, 0.717) is 30.2 Å². The van der Waals surface area contributed by atoms with Gasteiger partial charge in [-0.05, 0) is 12.1 Å². The predicted octanol–water partition coefficient (Wildman–Crippen LogP) is 2.05. The number of carbonyl (C=O) groups is 1. The molecule has 1 aromatic rings. The number of halogens is 1. The number of hydrogen-bond donors (Lipinski definition) is 0. The third kappa shape index (κ3) is 2.31. The summed E-state index contributed by atoms with van der Waals surface area (Å²) in [5.74, 6) is 1.34. The van der Waals surface area contributed by atoms with Gasteiger partial charge in [-0.2, -0.15) is 0 Å². The van der Waals surface area contributed by atoms with Crippen molar-refractivity contribution in [3.05, 3.63) is 18.2 Å². The summed E-state index contributed by atoms with van der Waals surface area (Å²) in [6.45, 7) is 0.504. The first kappa shape index (κ1) is 12.0. The summed E-state index contributed by atoms with van der Waals surface area (Å²) in [5, 5.41) is -0.140. The number of anilines is 1. The molecule has 1 aromatic carbocycles. The van der Waals surface area contributed by atoms with Crippen LogP contribution >= 0.6 is 11.6 Å². The van der Waals surface area contributed by atoms with Gasteiger partial charge in [-0.1, -0.05) is 0 Å². The lowest BCUT2D eigenvalue weighted by molar-refractivity contribution is -0.117. The lowest BCUT2D eigenvalue weighted by Crippen LogP contribution is -2.25. The van der Waals surface area contributed by atoms with Gasteiger partial charge < -0.3 is 14.4 Å². The van der Waals surface area contributed by atoms with Gasteiger partial charge in [-0.15, -0.1) is 11.6 Å². The van der Waals surface area contributed by atoms with Crippen LogP contribution in [-0.2, 0) is 4.79 Å². The summed E-state index contributed by atoms with van der Waals surface area (Å²) in [7, 11) is 3.16. The minimum absolute atomic E-state index is 0.0107. The molecule has 1 heterocycles. The maximum absolute atomic E-state index is 11.8. The normalized spacial score (nSPS) is 19.6. The molecule has 0 aromatic heterocycles. The van der Waals surface area contributed by atoms with Gasteiger partial charge in [0.1, 0.15) is 11.5 Å². The highest BCUT2D eigenvalue weighted by atomic mass is 35.5. The highest BCUT2D eigenvalue weighted by Crippen LogP contribution is 2.35. The van der Waals surface area contributed by atoms with E-state index in [-0.39, 0.29) is 11.3 Å². The van der Waals surface area contributed by atoms with Crippen molar-refractivity contribution in [1.82, 2.24) is 0 Å². The second kappa shape index (κ2) is 4.84. The van der Waals surface area contributed by atoms with Gasteiger partial charge in [-0.3, -0.25) is 4.79 Å². The van der Waals surface area contributed by atoms with E-state index in [1.165, 1.54) is 0 Å². The molecule has 5 heteroatoms. The van der Waals surface area contributed by atoms with Crippen molar-refractivity contribution in [3.8, 4) is 11.5 Å². The monoisotopic (exact) mass is 255 g/mol. The number of hydrogen-bond acceptors (Lipinski definition) is 3. The highest BCUT2D eigenvalue weighted by molar-refractivity contribution is 6.24. The van der Waals surface area contributed by atoms with Crippen LogP contribution in [0.5, 0.6) is 11.5 Å². The Bertz CT molecular complexity index is 436. The zero-order valence-corrected chi connectivity index (χ0v) is 10.5. The van der Waals surface area contributed by atoms with E-state index < -0.39 is 0 Å². The number of rotatable bonds is 3. The third-order valence-corrected chi connectivity index (χ3v) is 3.05. The molecule has 2 rings (SSSR count). The van der Waals surface area contributed by atoms with E-state index in [4.69, 9.17) is 21.1 Å². The fraction of sp³-hybridized carbons (Fsp3) is 0.417. The minimum Gasteiger partial charge on any atom is -0.497 e. The minimum atomic E-state index is -0.140. The van der Waals surface area contributed by atoms with Gasteiger partial charge in [0.05, 0.1) is 25.3 Å². The molecule has 1 saturated heterocycles. The third-order valence-electron chi connectivity index (χ3n) is 2.75. The molecular formula is C12H14ClNO3. The first-order valence-electron chi connectivity index (χ1n) is 5.32. The molecule has 1 fully saturated rings. The molecule has 0 radical (unpaired) electrons. The van der Waals surface area contributed by atoms with Crippen molar-refractivity contribution in [2.45, 2.75) is 11.8 Å². The Balaban J connectivity index is 2.38. The number of amides is 1. The van der Waals surface area contributed by atoms with Crippen molar-refractivity contribution in [2.24, 2.45) is 0 Å².